The molecule has 0 aliphatic rings. The van der Waals surface area contributed by atoms with Gasteiger partial charge in [0.05, 0.1) is 27.7 Å². The predicted molar refractivity (Wildman–Crippen MR) is 342 cm³/mol. The normalized spacial score (nSPS) is 13.6. The molecule has 0 bridgehead atoms. The van der Waals surface area contributed by atoms with Gasteiger partial charge in [-0.15, -0.1) is 0 Å². The monoisotopic (exact) mass is 1140 g/mol. The number of phosphoric acid groups is 1. The molecule has 0 aliphatic carbocycles. The van der Waals surface area contributed by atoms with Gasteiger partial charge >= 0.3 is 11.9 Å². The second kappa shape index (κ2) is 61.0. The molecule has 0 aromatic rings. The highest BCUT2D eigenvalue weighted by molar-refractivity contribution is 7.45. The molecule has 0 heterocycles. The maximum absolute atomic E-state index is 12.7. The molecule has 9 nitrogen and oxygen atoms in total. The Labute approximate surface area is 495 Å². The number of likely N-dealkylation sites (N-methyl/N-ethyl adjacent to an activating group) is 1. The number of quaternary nitrogens is 1. The third kappa shape index (κ3) is 64.6. The number of carbonyl (C=O) groups is 2. The van der Waals surface area contributed by atoms with E-state index in [0.717, 1.165) is 64.2 Å². The molecular formula is C70H128NO8P. The Morgan fingerprint density at radius 2 is 0.713 bits per heavy atom. The molecule has 0 saturated heterocycles. The number of esters is 2. The van der Waals surface area contributed by atoms with Gasteiger partial charge < -0.3 is 27.9 Å². The van der Waals surface area contributed by atoms with E-state index < -0.39 is 32.5 Å². The Balaban J connectivity index is 3.86. The summed E-state index contributed by atoms with van der Waals surface area (Å²) in [7, 11) is 1.14. The quantitative estimate of drug-likeness (QED) is 0.0195. The number of allylic oxidation sites excluding steroid dienone is 12. The SMILES string of the molecule is CC/C=C\C/C=C\C/C=C\C/C=C\CCCCC(=O)OC(COC(=O)CCCCCCCCCCCCCCCCCCCCCCCCCCCCCCC/C=C\C/C=C\CCCCCCC)COP(=O)([O-])OCC[N+](C)(C)C. The van der Waals surface area contributed by atoms with Crippen LogP contribution in [0.1, 0.15) is 309 Å². The summed E-state index contributed by atoms with van der Waals surface area (Å²) >= 11 is 0. The van der Waals surface area contributed by atoms with Crippen molar-refractivity contribution in [3.8, 4) is 0 Å². The van der Waals surface area contributed by atoms with Crippen LogP contribution in [0.3, 0.4) is 0 Å². The molecule has 0 saturated carbocycles. The molecule has 0 aliphatic heterocycles. The fourth-order valence-corrected chi connectivity index (χ4v) is 10.3. The predicted octanol–water partition coefficient (Wildman–Crippen LogP) is 21.0. The zero-order valence-corrected chi connectivity index (χ0v) is 53.9. The Morgan fingerprint density at radius 3 is 1.09 bits per heavy atom. The van der Waals surface area contributed by atoms with Gasteiger partial charge in [0, 0.05) is 12.8 Å². The first-order chi connectivity index (χ1) is 39.0. The molecule has 2 atom stereocenters. The van der Waals surface area contributed by atoms with E-state index in [1.807, 2.05) is 21.1 Å². The van der Waals surface area contributed by atoms with E-state index in [-0.39, 0.29) is 26.1 Å². The summed E-state index contributed by atoms with van der Waals surface area (Å²) in [5.74, 6) is -0.874. The van der Waals surface area contributed by atoms with Gasteiger partial charge in [-0.3, -0.25) is 14.2 Å². The van der Waals surface area contributed by atoms with Crippen LogP contribution in [-0.4, -0.2) is 70.0 Å². The third-order valence-electron chi connectivity index (χ3n) is 14.7. The second-order valence-corrected chi connectivity index (χ2v) is 25.2. The minimum Gasteiger partial charge on any atom is -0.756 e. The van der Waals surface area contributed by atoms with Crippen molar-refractivity contribution in [2.75, 3.05) is 47.5 Å². The van der Waals surface area contributed by atoms with Crippen LogP contribution in [0.4, 0.5) is 0 Å². The molecule has 0 radical (unpaired) electrons. The van der Waals surface area contributed by atoms with Gasteiger partial charge in [-0.2, -0.15) is 0 Å². The third-order valence-corrected chi connectivity index (χ3v) is 15.7. The van der Waals surface area contributed by atoms with Crippen LogP contribution in [0.15, 0.2) is 72.9 Å². The molecular weight excluding hydrogens is 1010 g/mol. The lowest BCUT2D eigenvalue weighted by molar-refractivity contribution is -0.870. The van der Waals surface area contributed by atoms with Gasteiger partial charge in [0.25, 0.3) is 7.82 Å². The van der Waals surface area contributed by atoms with Gasteiger partial charge in [0.15, 0.2) is 6.10 Å². The van der Waals surface area contributed by atoms with Gasteiger partial charge in [-0.05, 0) is 83.5 Å². The van der Waals surface area contributed by atoms with Crippen molar-refractivity contribution in [3.63, 3.8) is 0 Å². The summed E-state index contributed by atoms with van der Waals surface area (Å²) in [5, 5.41) is 0. The maximum atomic E-state index is 12.7. The summed E-state index contributed by atoms with van der Waals surface area (Å²) in [4.78, 5) is 37.8. The van der Waals surface area contributed by atoms with Crippen molar-refractivity contribution < 1.29 is 42.1 Å². The number of phosphoric ester groups is 1. The Kier molecular flexibility index (Phi) is 59.1. The average molecular weight is 1140 g/mol. The molecule has 80 heavy (non-hydrogen) atoms. The summed E-state index contributed by atoms with van der Waals surface area (Å²) < 4.78 is 34.1. The number of hydrogen-bond acceptors (Lipinski definition) is 8. The molecule has 0 aromatic carbocycles. The van der Waals surface area contributed by atoms with Crippen molar-refractivity contribution >= 4 is 19.8 Å². The average Bonchev–Trinajstić information content (AvgIpc) is 3.42. The lowest BCUT2D eigenvalue weighted by Crippen LogP contribution is -2.37. The highest BCUT2D eigenvalue weighted by Gasteiger charge is 2.22. The van der Waals surface area contributed by atoms with E-state index in [9.17, 15) is 19.0 Å². The zero-order chi connectivity index (χ0) is 58.4. The van der Waals surface area contributed by atoms with Crippen molar-refractivity contribution in [1.29, 1.82) is 0 Å². The Bertz CT molecular complexity index is 1580. The number of rotatable bonds is 62. The van der Waals surface area contributed by atoms with E-state index in [1.54, 1.807) is 0 Å². The van der Waals surface area contributed by atoms with Crippen LogP contribution in [0, 0.1) is 0 Å². The minimum atomic E-state index is -4.65. The van der Waals surface area contributed by atoms with Crippen LogP contribution in [0.25, 0.3) is 0 Å². The summed E-state index contributed by atoms with van der Waals surface area (Å²) in [6, 6.07) is 0. The highest BCUT2D eigenvalue weighted by Crippen LogP contribution is 2.38. The molecule has 10 heteroatoms. The fourth-order valence-electron chi connectivity index (χ4n) is 9.56. The summed E-state index contributed by atoms with van der Waals surface area (Å²) in [5.41, 5.74) is 0. The number of ether oxygens (including phenoxy) is 2. The van der Waals surface area contributed by atoms with Crippen LogP contribution in [0.5, 0.6) is 0 Å². The van der Waals surface area contributed by atoms with E-state index >= 15 is 0 Å². The zero-order valence-electron chi connectivity index (χ0n) is 53.0. The number of carbonyl (C=O) groups excluding carboxylic acids is 2. The first-order valence-electron chi connectivity index (χ1n) is 33.6. The van der Waals surface area contributed by atoms with Gasteiger partial charge in [-0.1, -0.05) is 286 Å². The topological polar surface area (TPSA) is 111 Å². The van der Waals surface area contributed by atoms with Crippen molar-refractivity contribution in [2.45, 2.75) is 315 Å². The van der Waals surface area contributed by atoms with E-state index in [1.165, 1.54) is 212 Å². The molecule has 0 spiro atoms. The lowest BCUT2D eigenvalue weighted by Gasteiger charge is -2.28. The molecule has 0 fully saturated rings. The first kappa shape index (κ1) is 77.5. The molecule has 0 rings (SSSR count). The molecule has 2 unspecified atom stereocenters. The van der Waals surface area contributed by atoms with Crippen LogP contribution < -0.4 is 4.89 Å². The molecule has 0 aromatic heterocycles. The summed E-state index contributed by atoms with van der Waals surface area (Å²) in [6.45, 7) is 4.09. The van der Waals surface area contributed by atoms with Gasteiger partial charge in [0.1, 0.15) is 19.8 Å². The van der Waals surface area contributed by atoms with Crippen LogP contribution in [-0.2, 0) is 32.7 Å². The first-order valence-corrected chi connectivity index (χ1v) is 35.1. The fraction of sp³-hybridized carbons (Fsp3) is 0.800. The van der Waals surface area contributed by atoms with Crippen LogP contribution in [0.2, 0.25) is 0 Å². The maximum Gasteiger partial charge on any atom is 0.306 e. The number of unbranched alkanes of at least 4 members (excludes halogenated alkanes) is 36. The van der Waals surface area contributed by atoms with Gasteiger partial charge in [0.2, 0.25) is 0 Å². The van der Waals surface area contributed by atoms with Crippen molar-refractivity contribution in [2.24, 2.45) is 0 Å². The van der Waals surface area contributed by atoms with Crippen molar-refractivity contribution in [3.05, 3.63) is 72.9 Å². The Morgan fingerprint density at radius 1 is 0.400 bits per heavy atom. The standard InChI is InChI=1S/C70H128NO8P/c1-6-8-10-12-14-16-18-20-22-23-24-25-26-27-28-29-30-31-32-33-34-35-36-37-38-39-40-41-42-43-44-45-46-47-49-50-52-54-56-58-60-62-69(72)76-66-68(67-78-80(74,75)77-65-64-71(3,4)5)79-70(73)63-61-59-57-55-53-51-48-21-19-17-15-13-11-9-7-2/h9,11,15,17-18,20-21,23-24,48,53,55,68H,6-8,10,12-14,16,19,22,25-47,49-52,54,56-67H2,1-5H3/b11-9-,17-15-,20-18-,24-23-,48-21-,55-53-. The largest absolute Gasteiger partial charge is 0.756 e. The van der Waals surface area contributed by atoms with Crippen LogP contribution >= 0.6 is 7.82 Å². The van der Waals surface area contributed by atoms with E-state index in [2.05, 4.69) is 86.8 Å². The van der Waals surface area contributed by atoms with Gasteiger partial charge in [-0.25, -0.2) is 0 Å². The molecule has 0 amide bonds. The summed E-state index contributed by atoms with van der Waals surface area (Å²) in [6.07, 6.45) is 81.7. The smallest absolute Gasteiger partial charge is 0.306 e. The molecule has 466 valence electrons. The lowest BCUT2D eigenvalue weighted by atomic mass is 10.0. The highest BCUT2D eigenvalue weighted by atomic mass is 31.2. The van der Waals surface area contributed by atoms with E-state index in [4.69, 9.17) is 18.5 Å². The second-order valence-electron chi connectivity index (χ2n) is 23.8. The van der Waals surface area contributed by atoms with Crippen molar-refractivity contribution in [1.82, 2.24) is 0 Å². The van der Waals surface area contributed by atoms with E-state index in [0.29, 0.717) is 17.4 Å². The minimum absolute atomic E-state index is 0.0400. The number of nitrogens with zero attached hydrogens (tertiary/aromatic N) is 1. The Hall–Kier alpha value is -2.55. The number of hydrogen-bond donors (Lipinski definition) is 0. The molecule has 0 N–H and O–H groups in total.